The largest absolute Gasteiger partial charge is 0.481 e. The van der Waals surface area contributed by atoms with E-state index in [0.717, 1.165) is 11.1 Å². The Hall–Kier alpha value is -3.15. The van der Waals surface area contributed by atoms with Crippen LogP contribution in [0.3, 0.4) is 0 Å². The van der Waals surface area contributed by atoms with Crippen molar-refractivity contribution in [3.63, 3.8) is 0 Å². The second-order valence-corrected chi connectivity index (χ2v) is 6.48. The number of amides is 1. The number of hydrogen-bond donors (Lipinski definition) is 1. The van der Waals surface area contributed by atoms with Gasteiger partial charge in [-0.3, -0.25) is 9.59 Å². The minimum atomic E-state index is -0.508. The lowest BCUT2D eigenvalue weighted by atomic mass is 9.79. The molecular weight excluding hydrogens is 334 g/mol. The van der Waals surface area contributed by atoms with Crippen molar-refractivity contribution in [3.8, 4) is 5.75 Å². The maximum absolute atomic E-state index is 12.4. The fourth-order valence-corrected chi connectivity index (χ4v) is 3.11. The SMILES string of the molecule is O=C1CC(c2ccc(COC(=O)c3cccc4c3OCC(=O)N4)cc2)C1. The van der Waals surface area contributed by atoms with Gasteiger partial charge in [0.25, 0.3) is 5.91 Å². The van der Waals surface area contributed by atoms with Gasteiger partial charge in [0.1, 0.15) is 18.0 Å². The predicted octanol–water partition coefficient (Wildman–Crippen LogP) is 2.82. The van der Waals surface area contributed by atoms with E-state index in [9.17, 15) is 14.4 Å². The molecule has 0 bridgehead atoms. The number of esters is 1. The smallest absolute Gasteiger partial charge is 0.342 e. The summed E-state index contributed by atoms with van der Waals surface area (Å²) in [6, 6.07) is 12.7. The minimum absolute atomic E-state index is 0.123. The van der Waals surface area contributed by atoms with Crippen molar-refractivity contribution in [1.82, 2.24) is 0 Å². The first-order chi connectivity index (χ1) is 12.6. The summed E-state index contributed by atoms with van der Waals surface area (Å²) < 4.78 is 10.7. The highest BCUT2D eigenvalue weighted by atomic mass is 16.5. The van der Waals surface area contributed by atoms with Crippen molar-refractivity contribution in [3.05, 3.63) is 59.2 Å². The Balaban J connectivity index is 1.41. The second-order valence-electron chi connectivity index (χ2n) is 6.48. The van der Waals surface area contributed by atoms with E-state index >= 15 is 0 Å². The first-order valence-electron chi connectivity index (χ1n) is 8.43. The number of anilines is 1. The monoisotopic (exact) mass is 351 g/mol. The van der Waals surface area contributed by atoms with Crippen LogP contribution in [0.4, 0.5) is 5.69 Å². The third kappa shape index (κ3) is 3.18. The van der Waals surface area contributed by atoms with E-state index in [2.05, 4.69) is 5.32 Å². The topological polar surface area (TPSA) is 81.7 Å². The predicted molar refractivity (Wildman–Crippen MR) is 93.1 cm³/mol. The van der Waals surface area contributed by atoms with Crippen LogP contribution in [0.1, 0.15) is 40.2 Å². The Morgan fingerprint density at radius 2 is 1.88 bits per heavy atom. The molecule has 0 saturated heterocycles. The van der Waals surface area contributed by atoms with E-state index in [4.69, 9.17) is 9.47 Å². The number of hydrogen-bond acceptors (Lipinski definition) is 5. The summed E-state index contributed by atoms with van der Waals surface area (Å²) in [4.78, 5) is 34.8. The lowest BCUT2D eigenvalue weighted by molar-refractivity contribution is -0.124. The molecule has 1 heterocycles. The van der Waals surface area contributed by atoms with Gasteiger partial charge in [-0.15, -0.1) is 0 Å². The lowest BCUT2D eigenvalue weighted by Crippen LogP contribution is -2.26. The highest BCUT2D eigenvalue weighted by Gasteiger charge is 2.27. The number of ether oxygens (including phenoxy) is 2. The van der Waals surface area contributed by atoms with Gasteiger partial charge in [0.2, 0.25) is 0 Å². The van der Waals surface area contributed by atoms with Crippen molar-refractivity contribution in [2.75, 3.05) is 11.9 Å². The van der Waals surface area contributed by atoms with Crippen LogP contribution >= 0.6 is 0 Å². The number of carbonyl (C=O) groups excluding carboxylic acids is 3. The standard InChI is InChI=1S/C20H17NO5/c22-15-8-14(9-15)13-6-4-12(5-7-13)10-26-20(24)16-2-1-3-17-19(16)25-11-18(23)21-17/h1-7,14H,8-11H2,(H,21,23). The molecule has 0 spiro atoms. The van der Waals surface area contributed by atoms with E-state index in [-0.39, 0.29) is 24.7 Å². The number of para-hydroxylation sites is 1. The highest BCUT2D eigenvalue weighted by molar-refractivity contribution is 6.01. The molecule has 2 aromatic rings. The zero-order valence-electron chi connectivity index (χ0n) is 14.0. The number of carbonyl (C=O) groups is 3. The Kier molecular flexibility index (Phi) is 4.16. The quantitative estimate of drug-likeness (QED) is 0.857. The van der Waals surface area contributed by atoms with Gasteiger partial charge in [0.15, 0.2) is 12.4 Å². The molecule has 1 saturated carbocycles. The molecule has 1 amide bonds. The highest BCUT2D eigenvalue weighted by Crippen LogP contribution is 2.34. The summed E-state index contributed by atoms with van der Waals surface area (Å²) in [5, 5.41) is 2.66. The molecular formula is C20H17NO5. The van der Waals surface area contributed by atoms with Crippen molar-refractivity contribution in [1.29, 1.82) is 0 Å². The van der Waals surface area contributed by atoms with Crippen LogP contribution in [0.5, 0.6) is 5.75 Å². The third-order valence-corrected chi connectivity index (χ3v) is 4.63. The van der Waals surface area contributed by atoms with E-state index in [1.807, 2.05) is 24.3 Å². The van der Waals surface area contributed by atoms with Crippen LogP contribution in [0.15, 0.2) is 42.5 Å². The molecule has 0 atom stereocenters. The first-order valence-corrected chi connectivity index (χ1v) is 8.43. The average molecular weight is 351 g/mol. The first kappa shape index (κ1) is 16.3. The van der Waals surface area contributed by atoms with Gasteiger partial charge >= 0.3 is 5.97 Å². The molecule has 132 valence electrons. The zero-order valence-corrected chi connectivity index (χ0v) is 14.0. The van der Waals surface area contributed by atoms with Crippen molar-refractivity contribution < 1.29 is 23.9 Å². The van der Waals surface area contributed by atoms with E-state index in [1.165, 1.54) is 0 Å². The van der Waals surface area contributed by atoms with E-state index in [1.54, 1.807) is 18.2 Å². The molecule has 0 unspecified atom stereocenters. The molecule has 6 heteroatoms. The van der Waals surface area contributed by atoms with Gasteiger partial charge in [0, 0.05) is 12.8 Å². The van der Waals surface area contributed by atoms with Gasteiger partial charge in [-0.05, 0) is 29.2 Å². The normalized spacial score (nSPS) is 16.2. The Morgan fingerprint density at radius 3 is 2.62 bits per heavy atom. The number of rotatable bonds is 4. The lowest BCUT2D eigenvalue weighted by Gasteiger charge is -2.24. The van der Waals surface area contributed by atoms with Gasteiger partial charge in [-0.2, -0.15) is 0 Å². The number of fused-ring (bicyclic) bond motifs is 1. The molecule has 2 aromatic carbocycles. The molecule has 0 radical (unpaired) electrons. The maximum atomic E-state index is 12.4. The van der Waals surface area contributed by atoms with Gasteiger partial charge < -0.3 is 14.8 Å². The number of Topliss-reactive ketones (excluding diaryl/α,β-unsaturated/α-hetero) is 1. The molecule has 1 N–H and O–H groups in total. The zero-order chi connectivity index (χ0) is 18.1. The molecule has 6 nitrogen and oxygen atoms in total. The minimum Gasteiger partial charge on any atom is -0.481 e. The molecule has 4 rings (SSSR count). The van der Waals surface area contributed by atoms with Crippen LogP contribution < -0.4 is 10.1 Å². The molecule has 2 aliphatic rings. The van der Waals surface area contributed by atoms with E-state index in [0.29, 0.717) is 36.0 Å². The summed E-state index contributed by atoms with van der Waals surface area (Å²) in [5.74, 6) is 0.199. The number of nitrogens with one attached hydrogen (secondary N) is 1. The third-order valence-electron chi connectivity index (χ3n) is 4.63. The van der Waals surface area contributed by atoms with Crippen LogP contribution in [0.25, 0.3) is 0 Å². The fourth-order valence-electron chi connectivity index (χ4n) is 3.11. The summed E-state index contributed by atoms with van der Waals surface area (Å²) in [6.07, 6.45) is 1.23. The Morgan fingerprint density at radius 1 is 1.12 bits per heavy atom. The molecule has 1 aliphatic carbocycles. The van der Waals surface area contributed by atoms with Crippen LogP contribution in [0, 0.1) is 0 Å². The Bertz CT molecular complexity index is 880. The number of ketones is 1. The maximum Gasteiger partial charge on any atom is 0.342 e. The van der Waals surface area contributed by atoms with Gasteiger partial charge in [0.05, 0.1) is 5.69 Å². The average Bonchev–Trinajstić information content (AvgIpc) is 2.63. The van der Waals surface area contributed by atoms with Crippen LogP contribution in [-0.4, -0.2) is 24.3 Å². The summed E-state index contributed by atoms with van der Waals surface area (Å²) in [6.45, 7) is 0.0150. The summed E-state index contributed by atoms with van der Waals surface area (Å²) >= 11 is 0. The van der Waals surface area contributed by atoms with Crippen molar-refractivity contribution in [2.45, 2.75) is 25.4 Å². The summed E-state index contributed by atoms with van der Waals surface area (Å²) in [5.41, 5.74) is 2.76. The fraction of sp³-hybridized carbons (Fsp3) is 0.250. The van der Waals surface area contributed by atoms with Gasteiger partial charge in [-0.1, -0.05) is 30.3 Å². The van der Waals surface area contributed by atoms with E-state index < -0.39 is 5.97 Å². The van der Waals surface area contributed by atoms with Crippen LogP contribution in [-0.2, 0) is 20.9 Å². The van der Waals surface area contributed by atoms with Gasteiger partial charge in [-0.25, -0.2) is 4.79 Å². The Labute approximate surface area is 150 Å². The van der Waals surface area contributed by atoms with Crippen molar-refractivity contribution in [2.24, 2.45) is 0 Å². The summed E-state index contributed by atoms with van der Waals surface area (Å²) in [7, 11) is 0. The van der Waals surface area contributed by atoms with Crippen LogP contribution in [0.2, 0.25) is 0 Å². The molecule has 1 fully saturated rings. The molecule has 1 aliphatic heterocycles. The molecule has 26 heavy (non-hydrogen) atoms. The molecule has 0 aromatic heterocycles. The number of benzene rings is 2. The second kappa shape index (κ2) is 6.63. The van der Waals surface area contributed by atoms with Crippen molar-refractivity contribution >= 4 is 23.3 Å².